The first-order chi connectivity index (χ1) is 11.2. The smallest absolute Gasteiger partial charge is 0.321 e. The molecule has 0 spiro atoms. The van der Waals surface area contributed by atoms with Gasteiger partial charge in [0.2, 0.25) is 5.13 Å². The fraction of sp³-hybridized carbons (Fsp3) is 0.467. The maximum absolute atomic E-state index is 12.0. The Morgan fingerprint density at radius 3 is 2.74 bits per heavy atom. The number of piperidine rings is 1. The van der Waals surface area contributed by atoms with Gasteiger partial charge in [0.15, 0.2) is 0 Å². The zero-order chi connectivity index (χ0) is 16.1. The predicted molar refractivity (Wildman–Crippen MR) is 89.3 cm³/mol. The highest BCUT2D eigenvalue weighted by Gasteiger charge is 2.21. The van der Waals surface area contributed by atoms with Gasteiger partial charge in [-0.2, -0.15) is 4.37 Å². The molecule has 0 unspecified atom stereocenters. The zero-order valence-corrected chi connectivity index (χ0v) is 13.8. The Labute approximate surface area is 139 Å². The molecule has 0 aliphatic carbocycles. The molecule has 3 rings (SSSR count). The van der Waals surface area contributed by atoms with Crippen molar-refractivity contribution in [2.24, 2.45) is 0 Å². The van der Waals surface area contributed by atoms with E-state index in [0.717, 1.165) is 32.5 Å². The molecule has 3 heterocycles. The van der Waals surface area contributed by atoms with Crippen molar-refractivity contribution in [3.63, 3.8) is 0 Å². The Morgan fingerprint density at radius 2 is 2.09 bits per heavy atom. The summed E-state index contributed by atoms with van der Waals surface area (Å²) < 4.78 is 4.04. The highest BCUT2D eigenvalue weighted by Crippen LogP contribution is 2.14. The number of pyridine rings is 1. The number of hydrogen-bond donors (Lipinski definition) is 2. The monoisotopic (exact) mass is 332 g/mol. The maximum Gasteiger partial charge on any atom is 0.321 e. The molecule has 1 aliphatic heterocycles. The van der Waals surface area contributed by atoms with Gasteiger partial charge in [0.1, 0.15) is 5.82 Å². The first-order valence-electron chi connectivity index (χ1n) is 7.68. The summed E-state index contributed by atoms with van der Waals surface area (Å²) in [6.45, 7) is 4.69. The summed E-state index contributed by atoms with van der Waals surface area (Å²) in [5.41, 5.74) is 1.27. The van der Waals surface area contributed by atoms with Gasteiger partial charge in [0.05, 0.1) is 0 Å². The molecule has 2 aromatic heterocycles. The number of likely N-dealkylation sites (tertiary alicyclic amines) is 1. The summed E-state index contributed by atoms with van der Waals surface area (Å²) in [4.78, 5) is 22.5. The van der Waals surface area contributed by atoms with E-state index < -0.39 is 0 Å². The minimum Gasteiger partial charge on any atom is -0.335 e. The molecule has 8 heteroatoms. The maximum atomic E-state index is 12.0. The lowest BCUT2D eigenvalue weighted by molar-refractivity contribution is 0.190. The van der Waals surface area contributed by atoms with Crippen LogP contribution in [-0.2, 0) is 6.54 Å². The molecule has 7 nitrogen and oxygen atoms in total. The number of carbonyl (C=O) groups is 1. The van der Waals surface area contributed by atoms with Crippen molar-refractivity contribution >= 4 is 22.7 Å². The van der Waals surface area contributed by atoms with Crippen LogP contribution in [0.15, 0.2) is 24.5 Å². The van der Waals surface area contributed by atoms with Crippen molar-refractivity contribution < 1.29 is 4.79 Å². The summed E-state index contributed by atoms with van der Waals surface area (Å²) in [6, 6.07) is 4.09. The van der Waals surface area contributed by atoms with Crippen LogP contribution in [0.25, 0.3) is 0 Å². The van der Waals surface area contributed by atoms with Crippen LogP contribution in [-0.4, -0.2) is 44.4 Å². The molecule has 1 aliphatic rings. The highest BCUT2D eigenvalue weighted by molar-refractivity contribution is 7.09. The lowest BCUT2D eigenvalue weighted by Gasteiger charge is -2.32. The van der Waals surface area contributed by atoms with E-state index in [1.807, 2.05) is 24.5 Å². The number of hydrogen-bond acceptors (Lipinski definition) is 6. The second-order valence-corrected chi connectivity index (χ2v) is 6.40. The highest BCUT2D eigenvalue weighted by atomic mass is 32.1. The van der Waals surface area contributed by atoms with Gasteiger partial charge >= 0.3 is 6.03 Å². The van der Waals surface area contributed by atoms with Crippen LogP contribution in [0.1, 0.15) is 24.2 Å². The molecular weight excluding hydrogens is 312 g/mol. The van der Waals surface area contributed by atoms with Crippen LogP contribution in [0.3, 0.4) is 0 Å². The number of urea groups is 1. The molecular formula is C15H20N6OS. The van der Waals surface area contributed by atoms with Gasteiger partial charge in [0.25, 0.3) is 0 Å². The van der Waals surface area contributed by atoms with Gasteiger partial charge < -0.3 is 5.32 Å². The van der Waals surface area contributed by atoms with E-state index in [1.54, 1.807) is 6.92 Å². The summed E-state index contributed by atoms with van der Waals surface area (Å²) >= 11 is 1.20. The first kappa shape index (κ1) is 15.8. The third-order valence-electron chi connectivity index (χ3n) is 3.83. The standard InChI is InChI=1S/C15H20N6OS/c1-11-17-15(23-20-11)19-14(22)18-13-4-8-21(9-5-13)10-12-2-6-16-7-3-12/h2-3,6-7,13H,4-5,8-10H2,1H3,(H2,17,18,19,20,22). The average Bonchev–Trinajstić information content (AvgIpc) is 2.95. The Morgan fingerprint density at radius 1 is 1.35 bits per heavy atom. The largest absolute Gasteiger partial charge is 0.335 e. The zero-order valence-electron chi connectivity index (χ0n) is 13.0. The van der Waals surface area contributed by atoms with E-state index in [2.05, 4.69) is 29.9 Å². The molecule has 23 heavy (non-hydrogen) atoms. The Kier molecular flexibility index (Phi) is 5.14. The Bertz CT molecular complexity index is 638. The minimum atomic E-state index is -0.200. The van der Waals surface area contributed by atoms with Crippen LogP contribution >= 0.6 is 11.5 Å². The lowest BCUT2D eigenvalue weighted by atomic mass is 10.0. The molecule has 1 fully saturated rings. The number of nitrogens with one attached hydrogen (secondary N) is 2. The van der Waals surface area contributed by atoms with Crippen molar-refractivity contribution in [3.05, 3.63) is 35.9 Å². The number of amides is 2. The summed E-state index contributed by atoms with van der Waals surface area (Å²) in [7, 11) is 0. The second-order valence-electron chi connectivity index (χ2n) is 5.65. The number of aryl methyl sites for hydroxylation is 1. The van der Waals surface area contributed by atoms with Gasteiger partial charge in [-0.15, -0.1) is 0 Å². The van der Waals surface area contributed by atoms with Crippen LogP contribution < -0.4 is 10.6 Å². The van der Waals surface area contributed by atoms with Gasteiger partial charge in [-0.3, -0.25) is 15.2 Å². The molecule has 0 saturated carbocycles. The number of rotatable bonds is 4. The van der Waals surface area contributed by atoms with E-state index in [-0.39, 0.29) is 12.1 Å². The normalized spacial score (nSPS) is 16.2. The van der Waals surface area contributed by atoms with Gasteiger partial charge in [0, 0.05) is 49.6 Å². The van der Waals surface area contributed by atoms with Gasteiger partial charge in [-0.1, -0.05) is 0 Å². The van der Waals surface area contributed by atoms with Crippen molar-refractivity contribution in [1.29, 1.82) is 0 Å². The fourth-order valence-corrected chi connectivity index (χ4v) is 3.22. The molecule has 2 N–H and O–H groups in total. The van der Waals surface area contributed by atoms with Gasteiger partial charge in [-0.05, 0) is 37.5 Å². The fourth-order valence-electron chi connectivity index (χ4n) is 2.65. The van der Waals surface area contributed by atoms with Crippen molar-refractivity contribution in [2.75, 3.05) is 18.4 Å². The summed E-state index contributed by atoms with van der Waals surface area (Å²) in [5, 5.41) is 6.29. The molecule has 0 radical (unpaired) electrons. The molecule has 2 amide bonds. The topological polar surface area (TPSA) is 83.0 Å². The lowest BCUT2D eigenvalue weighted by Crippen LogP contribution is -2.45. The van der Waals surface area contributed by atoms with Crippen molar-refractivity contribution in [2.45, 2.75) is 32.4 Å². The third-order valence-corrected chi connectivity index (χ3v) is 4.55. The van der Waals surface area contributed by atoms with Crippen LogP contribution in [0.2, 0.25) is 0 Å². The molecule has 1 saturated heterocycles. The van der Waals surface area contributed by atoms with E-state index >= 15 is 0 Å². The van der Waals surface area contributed by atoms with Gasteiger partial charge in [-0.25, -0.2) is 9.78 Å². The number of aromatic nitrogens is 3. The number of anilines is 1. The number of nitrogens with zero attached hydrogens (tertiary/aromatic N) is 4. The van der Waals surface area contributed by atoms with Crippen molar-refractivity contribution in [1.82, 2.24) is 24.6 Å². The van der Waals surface area contributed by atoms with Crippen molar-refractivity contribution in [3.8, 4) is 0 Å². The third kappa shape index (κ3) is 4.70. The molecule has 0 bridgehead atoms. The predicted octanol–water partition coefficient (Wildman–Crippen LogP) is 2.03. The number of carbonyl (C=O) groups excluding carboxylic acids is 1. The molecule has 0 aromatic carbocycles. The summed E-state index contributed by atoms with van der Waals surface area (Å²) in [6.07, 6.45) is 5.55. The molecule has 122 valence electrons. The first-order valence-corrected chi connectivity index (χ1v) is 8.45. The van der Waals surface area contributed by atoms with Crippen LogP contribution in [0.5, 0.6) is 0 Å². The van der Waals surface area contributed by atoms with Crippen LogP contribution in [0.4, 0.5) is 9.93 Å². The SMILES string of the molecule is Cc1nsc(NC(=O)NC2CCN(Cc3ccncc3)CC2)n1. The van der Waals surface area contributed by atoms with Crippen LogP contribution in [0, 0.1) is 6.92 Å². The second kappa shape index (κ2) is 7.47. The van der Waals surface area contributed by atoms with E-state index in [1.165, 1.54) is 17.1 Å². The van der Waals surface area contributed by atoms with E-state index in [9.17, 15) is 4.79 Å². The Balaban J connectivity index is 1.41. The summed E-state index contributed by atoms with van der Waals surface area (Å²) in [5.74, 6) is 0.676. The minimum absolute atomic E-state index is 0.200. The van der Waals surface area contributed by atoms with E-state index in [0.29, 0.717) is 11.0 Å². The average molecular weight is 332 g/mol. The quantitative estimate of drug-likeness (QED) is 0.895. The molecule has 2 aromatic rings. The van der Waals surface area contributed by atoms with E-state index in [4.69, 9.17) is 0 Å². The Hall–Kier alpha value is -2.06. The molecule has 0 atom stereocenters.